The smallest absolute Gasteiger partial charge is 0.127 e. The van der Waals surface area contributed by atoms with Crippen molar-refractivity contribution in [1.82, 2.24) is 4.98 Å². The number of rotatable bonds is 6. The maximum absolute atomic E-state index is 11.1. The molecule has 0 spiro atoms. The standard InChI is InChI=1S/C34H25N3O2.Pt/c38-32-19-8-11-24-10-7-18-31(34(24)32)35-23-25-12-9-17-30(36-25)29-21-20-28(22-33(29)39)37(26-13-3-1-4-14-26)27-15-5-2-6-16-27;/h1-23,38-39H;. The summed E-state index contributed by atoms with van der Waals surface area (Å²) >= 11 is 0. The maximum atomic E-state index is 11.1. The summed E-state index contributed by atoms with van der Waals surface area (Å²) < 4.78 is 0. The molecule has 198 valence electrons. The minimum atomic E-state index is 0. The SMILES string of the molecule is Oc1cc(N(c2ccccc2)c2ccccc2)ccc1-c1cccc(C=Nc2cccc3cccc(O)c23)n1.[Pt]. The fourth-order valence-electron chi connectivity index (χ4n) is 4.70. The first kappa shape index (κ1) is 26.9. The average Bonchev–Trinajstić information content (AvgIpc) is 2.98. The molecule has 2 N–H and O–H groups in total. The van der Waals surface area contributed by atoms with Gasteiger partial charge in [0.2, 0.25) is 0 Å². The van der Waals surface area contributed by atoms with E-state index in [1.165, 1.54) is 0 Å². The van der Waals surface area contributed by atoms with E-state index in [0.717, 1.165) is 22.4 Å². The van der Waals surface area contributed by atoms with Gasteiger partial charge in [-0.15, -0.1) is 0 Å². The van der Waals surface area contributed by atoms with Gasteiger partial charge in [-0.2, -0.15) is 0 Å². The van der Waals surface area contributed by atoms with E-state index in [1.807, 2.05) is 121 Å². The molecule has 6 aromatic rings. The minimum absolute atomic E-state index is 0. The third-order valence-electron chi connectivity index (χ3n) is 6.51. The number of phenols is 2. The van der Waals surface area contributed by atoms with Crippen molar-refractivity contribution < 1.29 is 31.3 Å². The summed E-state index contributed by atoms with van der Waals surface area (Å²) in [6.07, 6.45) is 1.67. The largest absolute Gasteiger partial charge is 0.507 e. The van der Waals surface area contributed by atoms with E-state index < -0.39 is 0 Å². The number of benzene rings is 5. The number of aromatic nitrogens is 1. The van der Waals surface area contributed by atoms with Crippen LogP contribution in [0.4, 0.5) is 22.7 Å². The van der Waals surface area contributed by atoms with Crippen molar-refractivity contribution in [2.24, 2.45) is 4.99 Å². The molecule has 5 aromatic carbocycles. The zero-order valence-corrected chi connectivity index (χ0v) is 23.6. The number of hydrogen-bond acceptors (Lipinski definition) is 5. The predicted octanol–water partition coefficient (Wildman–Crippen LogP) is 8.53. The molecule has 0 saturated carbocycles. The zero-order valence-electron chi connectivity index (χ0n) is 21.3. The van der Waals surface area contributed by atoms with Crippen molar-refractivity contribution >= 4 is 39.7 Å². The first-order chi connectivity index (χ1) is 19.2. The second-order valence-corrected chi connectivity index (χ2v) is 9.07. The number of pyridine rings is 1. The van der Waals surface area contributed by atoms with Crippen LogP contribution in [0.2, 0.25) is 0 Å². The Morgan fingerprint density at radius 3 is 1.93 bits per heavy atom. The first-order valence-corrected chi connectivity index (χ1v) is 12.6. The number of aromatic hydroxyl groups is 2. The van der Waals surface area contributed by atoms with E-state index in [0.29, 0.717) is 28.0 Å². The Kier molecular flexibility index (Phi) is 8.04. The summed E-state index contributed by atoms with van der Waals surface area (Å²) in [5.74, 6) is 0.317. The molecule has 0 amide bonds. The molecular weight excluding hydrogens is 677 g/mol. The molecule has 0 unspecified atom stereocenters. The molecule has 1 aromatic heterocycles. The fourth-order valence-corrected chi connectivity index (χ4v) is 4.70. The monoisotopic (exact) mass is 702 g/mol. The number of fused-ring (bicyclic) bond motifs is 1. The Morgan fingerprint density at radius 1 is 0.600 bits per heavy atom. The van der Waals surface area contributed by atoms with Crippen LogP contribution in [0.3, 0.4) is 0 Å². The third kappa shape index (κ3) is 5.51. The summed E-state index contributed by atoms with van der Waals surface area (Å²) in [5.41, 5.74) is 5.37. The van der Waals surface area contributed by atoms with Gasteiger partial charge < -0.3 is 15.1 Å². The number of phenolic OH excluding ortho intramolecular Hbond substituents is 2. The molecule has 0 aliphatic heterocycles. The van der Waals surface area contributed by atoms with Gasteiger partial charge in [0.05, 0.1) is 23.3 Å². The Morgan fingerprint density at radius 2 is 1.25 bits per heavy atom. The zero-order chi connectivity index (χ0) is 26.6. The molecule has 0 bridgehead atoms. The van der Waals surface area contributed by atoms with Crippen LogP contribution in [0.15, 0.2) is 138 Å². The molecule has 0 atom stereocenters. The normalized spacial score (nSPS) is 10.9. The Labute approximate surface area is 247 Å². The van der Waals surface area contributed by atoms with Gasteiger partial charge >= 0.3 is 0 Å². The van der Waals surface area contributed by atoms with Crippen LogP contribution in [0.5, 0.6) is 11.5 Å². The molecule has 5 nitrogen and oxygen atoms in total. The first-order valence-electron chi connectivity index (χ1n) is 12.6. The van der Waals surface area contributed by atoms with Crippen LogP contribution in [-0.4, -0.2) is 21.4 Å². The molecule has 6 rings (SSSR count). The van der Waals surface area contributed by atoms with Crippen molar-refractivity contribution in [1.29, 1.82) is 0 Å². The average molecular weight is 703 g/mol. The number of aliphatic imine (C=N–C) groups is 1. The van der Waals surface area contributed by atoms with Gasteiger partial charge in [0, 0.05) is 55.1 Å². The van der Waals surface area contributed by atoms with Crippen molar-refractivity contribution in [2.45, 2.75) is 0 Å². The molecule has 0 fully saturated rings. The number of nitrogens with zero attached hydrogens (tertiary/aromatic N) is 3. The Balaban J connectivity index is 0.00000323. The van der Waals surface area contributed by atoms with Gasteiger partial charge in [-0.3, -0.25) is 4.99 Å². The summed E-state index contributed by atoms with van der Waals surface area (Å²) in [6.45, 7) is 0. The summed E-state index contributed by atoms with van der Waals surface area (Å²) in [5, 5.41) is 23.1. The molecule has 0 radical (unpaired) electrons. The van der Waals surface area contributed by atoms with Crippen LogP contribution in [0, 0.1) is 0 Å². The van der Waals surface area contributed by atoms with Gasteiger partial charge in [-0.1, -0.05) is 66.7 Å². The van der Waals surface area contributed by atoms with Gasteiger partial charge in [0.1, 0.15) is 11.5 Å². The second-order valence-electron chi connectivity index (χ2n) is 9.07. The van der Waals surface area contributed by atoms with Gasteiger partial charge in [-0.05, 0) is 66.0 Å². The van der Waals surface area contributed by atoms with E-state index in [9.17, 15) is 10.2 Å². The summed E-state index contributed by atoms with van der Waals surface area (Å²) in [6, 6.07) is 42.5. The summed E-state index contributed by atoms with van der Waals surface area (Å²) in [7, 11) is 0. The number of anilines is 3. The minimum Gasteiger partial charge on any atom is -0.507 e. The molecular formula is C34H25N3O2Pt. The van der Waals surface area contributed by atoms with Crippen LogP contribution in [-0.2, 0) is 21.1 Å². The quantitative estimate of drug-likeness (QED) is 0.171. The Bertz CT molecular complexity index is 1750. The van der Waals surface area contributed by atoms with E-state index in [1.54, 1.807) is 18.3 Å². The van der Waals surface area contributed by atoms with Crippen molar-refractivity contribution in [3.8, 4) is 22.8 Å². The van der Waals surface area contributed by atoms with Crippen molar-refractivity contribution in [3.05, 3.63) is 139 Å². The molecule has 0 saturated heterocycles. The Hall–Kier alpha value is -4.73. The topological polar surface area (TPSA) is 69.0 Å². The van der Waals surface area contributed by atoms with Crippen LogP contribution in [0.1, 0.15) is 5.69 Å². The number of hydrogen-bond donors (Lipinski definition) is 2. The van der Waals surface area contributed by atoms with E-state index in [-0.39, 0.29) is 32.6 Å². The maximum Gasteiger partial charge on any atom is 0.127 e. The van der Waals surface area contributed by atoms with Crippen LogP contribution >= 0.6 is 0 Å². The number of para-hydroxylation sites is 2. The van der Waals surface area contributed by atoms with Crippen molar-refractivity contribution in [2.75, 3.05) is 4.90 Å². The van der Waals surface area contributed by atoms with Gasteiger partial charge in [-0.25, -0.2) is 4.98 Å². The molecule has 0 aliphatic rings. The van der Waals surface area contributed by atoms with Gasteiger partial charge in [0.25, 0.3) is 0 Å². The summed E-state index contributed by atoms with van der Waals surface area (Å²) in [4.78, 5) is 11.4. The van der Waals surface area contributed by atoms with Crippen molar-refractivity contribution in [3.63, 3.8) is 0 Å². The van der Waals surface area contributed by atoms with E-state index in [2.05, 4.69) is 9.89 Å². The van der Waals surface area contributed by atoms with E-state index >= 15 is 0 Å². The molecule has 1 heterocycles. The van der Waals surface area contributed by atoms with Gasteiger partial charge in [0.15, 0.2) is 0 Å². The van der Waals surface area contributed by atoms with E-state index in [4.69, 9.17) is 4.98 Å². The van der Waals surface area contributed by atoms with Crippen LogP contribution in [0.25, 0.3) is 22.0 Å². The predicted molar refractivity (Wildman–Crippen MR) is 159 cm³/mol. The third-order valence-corrected chi connectivity index (χ3v) is 6.51. The molecule has 40 heavy (non-hydrogen) atoms. The molecule has 0 aliphatic carbocycles. The second kappa shape index (κ2) is 12.0. The van der Waals surface area contributed by atoms with Crippen LogP contribution < -0.4 is 4.90 Å². The molecule has 6 heteroatoms. The fraction of sp³-hybridized carbons (Fsp3) is 0.